The van der Waals surface area contributed by atoms with Crippen LogP contribution in [0.2, 0.25) is 0 Å². The second-order valence-electron chi connectivity index (χ2n) is 3.69. The molecule has 0 aliphatic rings. The number of aliphatic imine (C=N–C) groups is 1. The van der Waals surface area contributed by atoms with Crippen LogP contribution in [0.5, 0.6) is 0 Å². The number of rotatable bonds is 4. The lowest BCUT2D eigenvalue weighted by atomic mass is 9.88. The smallest absolute Gasteiger partial charge is 0.0421 e. The molecular weight excluding hydrogens is 184 g/mol. The lowest BCUT2D eigenvalue weighted by molar-refractivity contribution is 0.530. The summed E-state index contributed by atoms with van der Waals surface area (Å²) in [6.07, 6.45) is 2.64. The van der Waals surface area contributed by atoms with Crippen molar-refractivity contribution in [3.05, 3.63) is 11.8 Å². The second-order valence-corrected chi connectivity index (χ2v) is 3.69. The van der Waals surface area contributed by atoms with Gasteiger partial charge in [0.25, 0.3) is 0 Å². The van der Waals surface area contributed by atoms with E-state index in [2.05, 4.69) is 32.7 Å². The van der Waals surface area contributed by atoms with Crippen LogP contribution >= 0.6 is 0 Å². The van der Waals surface area contributed by atoms with E-state index in [1.165, 1.54) is 5.57 Å². The standard InChI is InChI=1S/C11H22N2.C2H6.H2/c1-6-10(7-12)11(13-5)9(4)8(2)3;1-2;/h7-9H,6,12H2,1-5H3;1-2H3;1H/b10-7-,13-11?;;. The van der Waals surface area contributed by atoms with Gasteiger partial charge in [-0.2, -0.15) is 0 Å². The average molecular weight is 214 g/mol. The molecule has 0 radical (unpaired) electrons. The maximum Gasteiger partial charge on any atom is 0.0421 e. The third-order valence-corrected chi connectivity index (χ3v) is 2.58. The molecule has 0 aromatic heterocycles. The van der Waals surface area contributed by atoms with E-state index in [0.717, 1.165) is 12.1 Å². The highest BCUT2D eigenvalue weighted by Gasteiger charge is 2.16. The summed E-state index contributed by atoms with van der Waals surface area (Å²) >= 11 is 0. The molecule has 1 unspecified atom stereocenters. The van der Waals surface area contributed by atoms with E-state index in [-0.39, 0.29) is 1.43 Å². The van der Waals surface area contributed by atoms with E-state index >= 15 is 0 Å². The molecule has 0 aromatic carbocycles. The Labute approximate surface area is 97.2 Å². The van der Waals surface area contributed by atoms with Crippen molar-refractivity contribution >= 4 is 5.71 Å². The highest BCUT2D eigenvalue weighted by Crippen LogP contribution is 2.18. The van der Waals surface area contributed by atoms with Crippen molar-refractivity contribution in [1.82, 2.24) is 0 Å². The van der Waals surface area contributed by atoms with Gasteiger partial charge in [-0.05, 0) is 24.1 Å². The number of allylic oxidation sites excluding steroid dienone is 1. The highest BCUT2D eigenvalue weighted by molar-refractivity contribution is 6.01. The minimum absolute atomic E-state index is 0. The molecule has 0 saturated heterocycles. The van der Waals surface area contributed by atoms with Gasteiger partial charge in [0.1, 0.15) is 0 Å². The molecule has 1 atom stereocenters. The predicted molar refractivity (Wildman–Crippen MR) is 73.4 cm³/mol. The quantitative estimate of drug-likeness (QED) is 0.709. The van der Waals surface area contributed by atoms with Crippen LogP contribution in [0.15, 0.2) is 16.8 Å². The van der Waals surface area contributed by atoms with Crippen molar-refractivity contribution in [3.63, 3.8) is 0 Å². The van der Waals surface area contributed by atoms with E-state index < -0.39 is 0 Å². The Bertz CT molecular complexity index is 208. The van der Waals surface area contributed by atoms with Gasteiger partial charge in [0.15, 0.2) is 0 Å². The first-order chi connectivity index (χ1) is 7.08. The predicted octanol–water partition coefficient (Wildman–Crippen LogP) is 3.87. The fourth-order valence-electron chi connectivity index (χ4n) is 1.34. The molecule has 0 spiro atoms. The summed E-state index contributed by atoms with van der Waals surface area (Å²) < 4.78 is 0. The van der Waals surface area contributed by atoms with Crippen molar-refractivity contribution in [1.29, 1.82) is 0 Å². The van der Waals surface area contributed by atoms with Crippen LogP contribution in [0, 0.1) is 11.8 Å². The van der Waals surface area contributed by atoms with Crippen molar-refractivity contribution in [2.75, 3.05) is 7.05 Å². The summed E-state index contributed by atoms with van der Waals surface area (Å²) in [7, 11) is 1.84. The Balaban J connectivity index is -0.000000529. The van der Waals surface area contributed by atoms with Crippen LogP contribution < -0.4 is 5.73 Å². The van der Waals surface area contributed by atoms with Crippen LogP contribution in [0.1, 0.15) is 49.4 Å². The molecule has 2 N–H and O–H groups in total. The Morgan fingerprint density at radius 2 is 1.80 bits per heavy atom. The Morgan fingerprint density at radius 3 is 2.00 bits per heavy atom. The minimum atomic E-state index is 0. The summed E-state index contributed by atoms with van der Waals surface area (Å²) in [5.74, 6) is 1.10. The summed E-state index contributed by atoms with van der Waals surface area (Å²) in [5, 5.41) is 0. The third kappa shape index (κ3) is 5.60. The molecule has 2 nitrogen and oxygen atoms in total. The number of hydrogen-bond donors (Lipinski definition) is 1. The summed E-state index contributed by atoms with van der Waals surface area (Å²) in [5.41, 5.74) is 7.88. The van der Waals surface area contributed by atoms with E-state index in [1.807, 2.05) is 20.9 Å². The summed E-state index contributed by atoms with van der Waals surface area (Å²) in [6.45, 7) is 12.7. The highest BCUT2D eigenvalue weighted by atomic mass is 14.7. The fourth-order valence-corrected chi connectivity index (χ4v) is 1.34. The second kappa shape index (κ2) is 9.75. The molecule has 0 fully saturated rings. The van der Waals surface area contributed by atoms with Gasteiger partial charge in [-0.3, -0.25) is 4.99 Å². The topological polar surface area (TPSA) is 38.4 Å². The van der Waals surface area contributed by atoms with Crippen LogP contribution in [-0.4, -0.2) is 12.8 Å². The zero-order valence-corrected chi connectivity index (χ0v) is 11.5. The SMILES string of the molecule is CC.CC/C(=C/N)C(=NC)C(C)C(C)C.[HH]. The number of hydrogen-bond acceptors (Lipinski definition) is 2. The van der Waals surface area contributed by atoms with E-state index in [1.54, 1.807) is 6.20 Å². The Hall–Kier alpha value is -0.790. The molecule has 0 amide bonds. The van der Waals surface area contributed by atoms with Gasteiger partial charge < -0.3 is 5.73 Å². The summed E-state index contributed by atoms with van der Waals surface area (Å²) in [6, 6.07) is 0. The van der Waals surface area contributed by atoms with Crippen molar-refractivity contribution in [2.45, 2.75) is 48.0 Å². The first-order valence-electron chi connectivity index (χ1n) is 5.96. The van der Waals surface area contributed by atoms with Gasteiger partial charge >= 0.3 is 0 Å². The maximum atomic E-state index is 5.55. The van der Waals surface area contributed by atoms with Crippen molar-refractivity contribution in [2.24, 2.45) is 22.6 Å². The molecule has 0 heterocycles. The Kier molecular flexibility index (Phi) is 10.8. The average Bonchev–Trinajstić information content (AvgIpc) is 2.27. The van der Waals surface area contributed by atoms with E-state index in [0.29, 0.717) is 11.8 Å². The zero-order chi connectivity index (χ0) is 12.4. The van der Waals surface area contributed by atoms with Crippen LogP contribution in [-0.2, 0) is 0 Å². The molecule has 92 valence electrons. The normalized spacial score (nSPS) is 14.7. The first-order valence-corrected chi connectivity index (χ1v) is 5.96. The lowest BCUT2D eigenvalue weighted by Gasteiger charge is -2.19. The minimum Gasteiger partial charge on any atom is -0.404 e. The van der Waals surface area contributed by atoms with Gasteiger partial charge in [-0.15, -0.1) is 0 Å². The van der Waals surface area contributed by atoms with Crippen LogP contribution in [0.3, 0.4) is 0 Å². The molecular formula is C13H30N2. The zero-order valence-electron chi connectivity index (χ0n) is 11.5. The fraction of sp³-hybridized carbons (Fsp3) is 0.769. The van der Waals surface area contributed by atoms with E-state index in [4.69, 9.17) is 5.73 Å². The molecule has 0 aliphatic heterocycles. The van der Waals surface area contributed by atoms with Crippen molar-refractivity contribution < 1.29 is 1.43 Å². The number of nitrogens with two attached hydrogens (primary N) is 1. The van der Waals surface area contributed by atoms with Gasteiger partial charge in [0.2, 0.25) is 0 Å². The van der Waals surface area contributed by atoms with Gasteiger partial charge in [0.05, 0.1) is 0 Å². The van der Waals surface area contributed by atoms with Gasteiger partial charge in [-0.1, -0.05) is 41.5 Å². The molecule has 2 heteroatoms. The van der Waals surface area contributed by atoms with Crippen LogP contribution in [0.25, 0.3) is 0 Å². The first kappa shape index (κ1) is 16.6. The maximum absolute atomic E-state index is 5.55. The summed E-state index contributed by atoms with van der Waals surface area (Å²) in [4.78, 5) is 4.32. The molecule has 15 heavy (non-hydrogen) atoms. The van der Waals surface area contributed by atoms with Crippen molar-refractivity contribution in [3.8, 4) is 0 Å². The molecule has 0 bridgehead atoms. The molecule has 0 aliphatic carbocycles. The molecule has 0 saturated carbocycles. The lowest BCUT2D eigenvalue weighted by Crippen LogP contribution is -2.19. The molecule has 0 rings (SSSR count). The van der Waals surface area contributed by atoms with E-state index in [9.17, 15) is 0 Å². The largest absolute Gasteiger partial charge is 0.404 e. The monoisotopic (exact) mass is 214 g/mol. The Morgan fingerprint density at radius 1 is 1.33 bits per heavy atom. The van der Waals surface area contributed by atoms with Gasteiger partial charge in [-0.25, -0.2) is 0 Å². The van der Waals surface area contributed by atoms with Crippen LogP contribution in [0.4, 0.5) is 0 Å². The number of nitrogens with zero attached hydrogens (tertiary/aromatic N) is 1. The molecule has 0 aromatic rings. The third-order valence-electron chi connectivity index (χ3n) is 2.58. The van der Waals surface area contributed by atoms with Gasteiger partial charge in [0, 0.05) is 20.1 Å².